The summed E-state index contributed by atoms with van der Waals surface area (Å²) in [6.45, 7) is 7.55. The number of nitrogens with zero attached hydrogens (tertiary/aromatic N) is 1. The highest BCUT2D eigenvalue weighted by molar-refractivity contribution is 14.0. The minimum atomic E-state index is -0.0176. The molecule has 0 atom stereocenters. The van der Waals surface area contributed by atoms with Crippen molar-refractivity contribution in [3.05, 3.63) is 35.9 Å². The maximum Gasteiger partial charge on any atom is 0.251 e. The number of amides is 1. The predicted octanol–water partition coefficient (Wildman–Crippen LogP) is 3.56. The van der Waals surface area contributed by atoms with E-state index in [1.165, 1.54) is 25.7 Å². The highest BCUT2D eigenvalue weighted by Gasteiger charge is 2.34. The third-order valence-electron chi connectivity index (χ3n) is 5.05. The van der Waals surface area contributed by atoms with Crippen LogP contribution < -0.4 is 16.0 Å². The van der Waals surface area contributed by atoms with E-state index < -0.39 is 0 Å². The topological polar surface area (TPSA) is 65.5 Å². The molecule has 0 bridgehead atoms. The molecule has 0 unspecified atom stereocenters. The minimum Gasteiger partial charge on any atom is -0.357 e. The first kappa shape index (κ1) is 22.7. The van der Waals surface area contributed by atoms with E-state index in [-0.39, 0.29) is 29.9 Å². The molecule has 0 heterocycles. The van der Waals surface area contributed by atoms with Crippen LogP contribution in [0.5, 0.6) is 0 Å². The monoisotopic (exact) mass is 472 g/mol. The zero-order valence-electron chi connectivity index (χ0n) is 16.0. The number of carbonyl (C=O) groups excluding carboxylic acids is 1. The Morgan fingerprint density at radius 1 is 1.08 bits per heavy atom. The molecule has 1 aliphatic carbocycles. The zero-order chi connectivity index (χ0) is 18.0. The first-order valence-corrected chi connectivity index (χ1v) is 9.54. The van der Waals surface area contributed by atoms with Gasteiger partial charge in [-0.05, 0) is 50.2 Å². The second kappa shape index (κ2) is 12.1. The summed E-state index contributed by atoms with van der Waals surface area (Å²) in [5.41, 5.74) is 1.14. The number of hydrogen-bond acceptors (Lipinski definition) is 2. The van der Waals surface area contributed by atoms with Crippen LogP contribution in [0.15, 0.2) is 35.3 Å². The molecule has 1 aliphatic rings. The van der Waals surface area contributed by atoms with Crippen molar-refractivity contribution in [1.29, 1.82) is 0 Å². The lowest BCUT2D eigenvalue weighted by Gasteiger charge is -2.40. The molecule has 0 aromatic heterocycles. The van der Waals surface area contributed by atoms with E-state index in [0.717, 1.165) is 32.0 Å². The Labute approximate surface area is 174 Å². The lowest BCUT2D eigenvalue weighted by molar-refractivity contribution is 0.0953. The standard InChI is InChI=1S/C20H32N4O.HI/c1-3-20(12-8-13-20)16-24-19(21-4-2)23-15-9-14-22-18(25)17-10-6-5-7-11-17;/h5-7,10-11H,3-4,8-9,12-16H2,1-2H3,(H,22,25)(H2,21,23,24);1H. The molecule has 0 spiro atoms. The lowest BCUT2D eigenvalue weighted by atomic mass is 9.67. The molecule has 6 heteroatoms. The number of rotatable bonds is 9. The molecule has 1 aromatic rings. The van der Waals surface area contributed by atoms with E-state index in [2.05, 4.69) is 29.8 Å². The number of guanidine groups is 1. The number of benzene rings is 1. The van der Waals surface area contributed by atoms with Gasteiger partial charge in [-0.1, -0.05) is 31.5 Å². The van der Waals surface area contributed by atoms with Crippen molar-refractivity contribution < 1.29 is 4.79 Å². The van der Waals surface area contributed by atoms with Gasteiger partial charge in [0.1, 0.15) is 0 Å². The Hall–Kier alpha value is -1.31. The molecule has 1 aromatic carbocycles. The quantitative estimate of drug-likeness (QED) is 0.223. The van der Waals surface area contributed by atoms with Gasteiger partial charge in [-0.3, -0.25) is 9.79 Å². The van der Waals surface area contributed by atoms with Crippen molar-refractivity contribution in [1.82, 2.24) is 16.0 Å². The van der Waals surface area contributed by atoms with Crippen LogP contribution in [0.2, 0.25) is 0 Å². The summed E-state index contributed by atoms with van der Waals surface area (Å²) in [6.07, 6.45) is 6.02. The zero-order valence-corrected chi connectivity index (χ0v) is 18.3. The minimum absolute atomic E-state index is 0. The summed E-state index contributed by atoms with van der Waals surface area (Å²) in [5.74, 6) is 0.868. The summed E-state index contributed by atoms with van der Waals surface area (Å²) < 4.78 is 0. The Morgan fingerprint density at radius 2 is 1.77 bits per heavy atom. The van der Waals surface area contributed by atoms with Crippen molar-refractivity contribution in [3.8, 4) is 0 Å². The summed E-state index contributed by atoms with van der Waals surface area (Å²) in [4.78, 5) is 16.7. The highest BCUT2D eigenvalue weighted by atomic mass is 127. The molecule has 146 valence electrons. The number of nitrogens with one attached hydrogen (secondary N) is 3. The maximum atomic E-state index is 12.0. The van der Waals surface area contributed by atoms with E-state index in [0.29, 0.717) is 17.5 Å². The van der Waals surface area contributed by atoms with Gasteiger partial charge in [-0.25, -0.2) is 0 Å². The molecule has 26 heavy (non-hydrogen) atoms. The van der Waals surface area contributed by atoms with Crippen molar-refractivity contribution in [2.45, 2.75) is 46.0 Å². The molecule has 0 radical (unpaired) electrons. The van der Waals surface area contributed by atoms with Crippen LogP contribution in [-0.4, -0.2) is 38.0 Å². The molecule has 5 nitrogen and oxygen atoms in total. The van der Waals surface area contributed by atoms with Gasteiger partial charge in [-0.15, -0.1) is 24.0 Å². The van der Waals surface area contributed by atoms with E-state index in [9.17, 15) is 4.79 Å². The largest absolute Gasteiger partial charge is 0.357 e. The molecule has 1 amide bonds. The van der Waals surface area contributed by atoms with E-state index in [1.807, 2.05) is 30.3 Å². The van der Waals surface area contributed by atoms with Gasteiger partial charge in [-0.2, -0.15) is 0 Å². The summed E-state index contributed by atoms with van der Waals surface area (Å²) in [7, 11) is 0. The Balaban J connectivity index is 0.00000338. The SMILES string of the molecule is CCNC(=NCC1(CC)CCC1)NCCCNC(=O)c1ccccc1.I. The van der Waals surface area contributed by atoms with Crippen molar-refractivity contribution >= 4 is 35.8 Å². The van der Waals surface area contributed by atoms with E-state index >= 15 is 0 Å². The Bertz CT molecular complexity index is 553. The number of halogens is 1. The van der Waals surface area contributed by atoms with Gasteiger partial charge in [0.05, 0.1) is 0 Å². The number of carbonyl (C=O) groups is 1. The molecular formula is C20H33IN4O. The smallest absolute Gasteiger partial charge is 0.251 e. The Morgan fingerprint density at radius 3 is 2.35 bits per heavy atom. The van der Waals surface area contributed by atoms with Crippen molar-refractivity contribution in [3.63, 3.8) is 0 Å². The van der Waals surface area contributed by atoms with Gasteiger partial charge in [0.2, 0.25) is 0 Å². The molecule has 0 saturated heterocycles. The van der Waals surface area contributed by atoms with Crippen LogP contribution in [0.25, 0.3) is 0 Å². The molecule has 3 N–H and O–H groups in total. The summed E-state index contributed by atoms with van der Waals surface area (Å²) in [6, 6.07) is 9.32. The predicted molar refractivity (Wildman–Crippen MR) is 119 cm³/mol. The van der Waals surface area contributed by atoms with Crippen LogP contribution in [0.4, 0.5) is 0 Å². The van der Waals surface area contributed by atoms with E-state index in [4.69, 9.17) is 4.99 Å². The van der Waals surface area contributed by atoms with Crippen molar-refractivity contribution in [2.24, 2.45) is 10.4 Å². The normalized spacial score (nSPS) is 15.4. The average Bonchev–Trinajstić information content (AvgIpc) is 2.61. The lowest BCUT2D eigenvalue weighted by Crippen LogP contribution is -2.40. The fraction of sp³-hybridized carbons (Fsp3) is 0.600. The third-order valence-corrected chi connectivity index (χ3v) is 5.05. The van der Waals surface area contributed by atoms with Gasteiger partial charge in [0.15, 0.2) is 5.96 Å². The first-order chi connectivity index (χ1) is 12.2. The average molecular weight is 472 g/mol. The molecule has 1 saturated carbocycles. The molecule has 2 rings (SSSR count). The Kier molecular flexibility index (Phi) is 10.6. The fourth-order valence-corrected chi connectivity index (χ4v) is 3.08. The first-order valence-electron chi connectivity index (χ1n) is 9.54. The number of aliphatic imine (C=N–C) groups is 1. The third kappa shape index (κ3) is 7.13. The van der Waals surface area contributed by atoms with Crippen LogP contribution in [0.3, 0.4) is 0 Å². The second-order valence-electron chi connectivity index (χ2n) is 6.80. The molecule has 0 aliphatic heterocycles. The van der Waals surface area contributed by atoms with Gasteiger partial charge >= 0.3 is 0 Å². The van der Waals surface area contributed by atoms with Crippen LogP contribution in [0.1, 0.15) is 56.3 Å². The summed E-state index contributed by atoms with van der Waals surface area (Å²) in [5, 5.41) is 9.62. The highest BCUT2D eigenvalue weighted by Crippen LogP contribution is 2.43. The second-order valence-corrected chi connectivity index (χ2v) is 6.80. The molecular weight excluding hydrogens is 439 g/mol. The van der Waals surface area contributed by atoms with Crippen LogP contribution in [-0.2, 0) is 0 Å². The van der Waals surface area contributed by atoms with Gasteiger partial charge in [0, 0.05) is 31.7 Å². The van der Waals surface area contributed by atoms with Crippen LogP contribution in [0, 0.1) is 5.41 Å². The van der Waals surface area contributed by atoms with Gasteiger partial charge < -0.3 is 16.0 Å². The van der Waals surface area contributed by atoms with E-state index in [1.54, 1.807) is 0 Å². The fourth-order valence-electron chi connectivity index (χ4n) is 3.08. The van der Waals surface area contributed by atoms with Crippen molar-refractivity contribution in [2.75, 3.05) is 26.2 Å². The van der Waals surface area contributed by atoms with Gasteiger partial charge in [0.25, 0.3) is 5.91 Å². The number of hydrogen-bond donors (Lipinski definition) is 3. The molecule has 1 fully saturated rings. The maximum absolute atomic E-state index is 12.0. The van der Waals surface area contributed by atoms with Crippen LogP contribution >= 0.6 is 24.0 Å². The summed E-state index contributed by atoms with van der Waals surface area (Å²) >= 11 is 0.